The lowest BCUT2D eigenvalue weighted by molar-refractivity contribution is -0.116. The van der Waals surface area contributed by atoms with Crippen LogP contribution in [0.5, 0.6) is 0 Å². The number of imidazole rings is 2. The van der Waals surface area contributed by atoms with Crippen LogP contribution in [0.25, 0.3) is 123 Å². The maximum atomic E-state index is 10.5. The van der Waals surface area contributed by atoms with Crippen molar-refractivity contribution in [2.45, 2.75) is 0 Å². The molecular formula is C72H54N8O2. The van der Waals surface area contributed by atoms with Gasteiger partial charge in [-0.2, -0.15) is 10.5 Å². The summed E-state index contributed by atoms with van der Waals surface area (Å²) in [6.07, 6.45) is 5.31. The van der Waals surface area contributed by atoms with Gasteiger partial charge >= 0.3 is 0 Å². The van der Waals surface area contributed by atoms with Crippen LogP contribution in [0, 0.1) is 22.7 Å². The molecule has 0 saturated carbocycles. The fourth-order valence-electron chi connectivity index (χ4n) is 10.4. The van der Waals surface area contributed by atoms with Crippen molar-refractivity contribution < 1.29 is 9.59 Å². The van der Waals surface area contributed by atoms with Gasteiger partial charge in [-0.25, -0.2) is 9.97 Å². The molecule has 0 unspecified atom stereocenters. The van der Waals surface area contributed by atoms with Crippen molar-refractivity contribution in [3.8, 4) is 46.3 Å². The zero-order chi connectivity index (χ0) is 56.7. The van der Waals surface area contributed by atoms with Crippen molar-refractivity contribution in [3.05, 3.63) is 253 Å². The first-order chi connectivity index (χ1) is 40.2. The molecule has 0 fully saturated rings. The Morgan fingerprint density at radius 3 is 0.963 bits per heavy atom. The zero-order valence-electron chi connectivity index (χ0n) is 45.6. The minimum atomic E-state index is 0.542. The molecule has 0 aliphatic carbocycles. The van der Waals surface area contributed by atoms with Crippen molar-refractivity contribution in [1.29, 1.82) is 10.5 Å². The number of hydrogen-bond donors (Lipinski definition) is 0. The van der Waals surface area contributed by atoms with E-state index >= 15 is 0 Å². The van der Waals surface area contributed by atoms with Crippen LogP contribution in [0.2, 0.25) is 0 Å². The second-order valence-electron chi connectivity index (χ2n) is 20.1. The minimum absolute atomic E-state index is 0.542. The molecule has 0 aliphatic heterocycles. The van der Waals surface area contributed by atoms with Gasteiger partial charge in [0.1, 0.15) is 11.6 Å². The highest BCUT2D eigenvalue weighted by atomic mass is 16.1. The molecule has 2 amide bonds. The van der Waals surface area contributed by atoms with E-state index in [0.717, 1.165) is 113 Å². The molecule has 13 rings (SSSR count). The normalized spacial score (nSPS) is 11.4. The van der Waals surface area contributed by atoms with E-state index in [-0.39, 0.29) is 0 Å². The number of amides is 2. The Morgan fingerprint density at radius 2 is 0.659 bits per heavy atom. The van der Waals surface area contributed by atoms with E-state index in [4.69, 9.17) is 9.97 Å². The second kappa shape index (κ2) is 23.4. The molecule has 0 radical (unpaired) electrons. The first-order valence-corrected chi connectivity index (χ1v) is 26.7. The summed E-state index contributed by atoms with van der Waals surface area (Å²) < 4.78 is 4.50. The van der Waals surface area contributed by atoms with E-state index in [1.54, 1.807) is 28.2 Å². The second-order valence-corrected chi connectivity index (χ2v) is 20.1. The lowest BCUT2D eigenvalue weighted by atomic mass is 9.99. The van der Waals surface area contributed by atoms with Gasteiger partial charge in [-0.1, -0.05) is 206 Å². The molecule has 11 aromatic carbocycles. The average molecular weight is 1060 g/mol. The molecule has 2 heterocycles. The van der Waals surface area contributed by atoms with Gasteiger partial charge in [-0.05, 0) is 80.2 Å². The van der Waals surface area contributed by atoms with Crippen molar-refractivity contribution in [2.24, 2.45) is 0 Å². The minimum Gasteiger partial charge on any atom is -0.351 e. The van der Waals surface area contributed by atoms with Crippen LogP contribution in [-0.2, 0) is 9.59 Å². The number of nitrogens with zero attached hydrogens (tertiary/aromatic N) is 8. The smallest absolute Gasteiger partial charge is 0.209 e. The van der Waals surface area contributed by atoms with Gasteiger partial charge in [0.25, 0.3) is 0 Å². The third-order valence-electron chi connectivity index (χ3n) is 14.2. The van der Waals surface area contributed by atoms with Gasteiger partial charge < -0.3 is 9.80 Å². The van der Waals surface area contributed by atoms with Gasteiger partial charge in [0.05, 0.1) is 45.4 Å². The van der Waals surface area contributed by atoms with E-state index in [1.165, 1.54) is 31.3 Å². The van der Waals surface area contributed by atoms with E-state index < -0.39 is 0 Å². The van der Waals surface area contributed by atoms with E-state index in [2.05, 4.69) is 167 Å². The molecule has 0 spiro atoms. The molecule has 2 aromatic heterocycles. The number of allylic oxidation sites excluding steroid dienone is 2. The summed E-state index contributed by atoms with van der Waals surface area (Å²) in [7, 11) is 6.75. The molecular weight excluding hydrogens is 1010 g/mol. The lowest BCUT2D eigenvalue weighted by Gasteiger charge is -2.13. The predicted molar refractivity (Wildman–Crippen MR) is 336 cm³/mol. The number of carbonyl (C=O) groups is 2. The Hall–Kier alpha value is -11.2. The van der Waals surface area contributed by atoms with Gasteiger partial charge in [0.2, 0.25) is 12.8 Å². The summed E-state index contributed by atoms with van der Waals surface area (Å²) in [6, 6.07) is 83.8. The number of nitriles is 2. The summed E-state index contributed by atoms with van der Waals surface area (Å²) in [5, 5.41) is 30.1. The quantitative estimate of drug-likeness (QED) is 0.0581. The summed E-state index contributed by atoms with van der Waals surface area (Å²) >= 11 is 0. The van der Waals surface area contributed by atoms with Crippen molar-refractivity contribution in [1.82, 2.24) is 28.9 Å². The van der Waals surface area contributed by atoms with Crippen LogP contribution in [0.3, 0.4) is 0 Å². The largest absolute Gasteiger partial charge is 0.351 e. The molecule has 0 aliphatic rings. The predicted octanol–water partition coefficient (Wildman–Crippen LogP) is 15.8. The summed E-state index contributed by atoms with van der Waals surface area (Å²) in [6.45, 7) is 0. The Labute approximate surface area is 475 Å². The molecule has 0 atom stereocenters. The number of benzene rings is 11. The monoisotopic (exact) mass is 1060 g/mol. The Bertz CT molecular complexity index is 4360. The van der Waals surface area contributed by atoms with Crippen LogP contribution >= 0.6 is 0 Å². The Kier molecular flexibility index (Phi) is 15.1. The third-order valence-corrected chi connectivity index (χ3v) is 14.2. The maximum absolute atomic E-state index is 10.5. The third kappa shape index (κ3) is 10.4. The molecule has 10 nitrogen and oxygen atoms in total. The molecule has 0 saturated heterocycles. The Balaban J connectivity index is 0.000000652. The summed E-state index contributed by atoms with van der Waals surface area (Å²) in [5.41, 5.74) is 12.4. The van der Waals surface area contributed by atoms with Crippen molar-refractivity contribution in [2.75, 3.05) is 28.2 Å². The fraction of sp³-hybridized carbons (Fsp3) is 0.0556. The first kappa shape index (κ1) is 52.8. The lowest BCUT2D eigenvalue weighted by Crippen LogP contribution is -2.06. The van der Waals surface area contributed by atoms with Crippen LogP contribution in [0.15, 0.2) is 231 Å². The molecule has 0 N–H and O–H groups in total. The standard InChI is InChI=1S/C66H40N6.2C3H7NO/c67-41-49(45-31-35-51(36-32-45)71-63-59-25-13-9-21-55(59)53-19-7-11-23-57(53)61(63)69-65(71)47-15-3-1-4-16-47)39-43-27-29-44(30-28-43)40-50(42-68)46-33-37-52(38-34-46)72-64-60-26-14-10-22-56(60)54-20-8-12-24-58(54)62(64)70-66(72)48-17-5-2-6-18-48;2*1-4(2)3-5/h1-40H;2*3H,1-2H3/b49-39+,50-40+;;. The fourth-order valence-corrected chi connectivity index (χ4v) is 10.4. The molecule has 10 heteroatoms. The number of carbonyl (C=O) groups excluding carboxylic acids is 2. The topological polar surface area (TPSA) is 124 Å². The number of rotatable bonds is 10. The average Bonchev–Trinajstić information content (AvgIpc) is 2.03. The molecule has 82 heavy (non-hydrogen) atoms. The number of hydrogen-bond acceptors (Lipinski definition) is 6. The Morgan fingerprint density at radius 1 is 0.378 bits per heavy atom. The zero-order valence-corrected chi connectivity index (χ0v) is 45.6. The van der Waals surface area contributed by atoms with Crippen molar-refractivity contribution >= 4 is 101 Å². The number of aromatic nitrogens is 4. The maximum Gasteiger partial charge on any atom is 0.209 e. The molecule has 394 valence electrons. The van der Waals surface area contributed by atoms with Crippen LogP contribution in [-0.4, -0.2) is 69.9 Å². The van der Waals surface area contributed by atoms with Gasteiger partial charge in [-0.15, -0.1) is 0 Å². The first-order valence-electron chi connectivity index (χ1n) is 26.7. The highest BCUT2D eigenvalue weighted by molar-refractivity contribution is 6.25. The highest BCUT2D eigenvalue weighted by Crippen LogP contribution is 2.41. The molecule has 0 bridgehead atoms. The summed E-state index contributed by atoms with van der Waals surface area (Å²) in [5.74, 6) is 1.70. The van der Waals surface area contributed by atoms with E-state index in [0.29, 0.717) is 11.1 Å². The summed E-state index contributed by atoms with van der Waals surface area (Å²) in [4.78, 5) is 32.4. The van der Waals surface area contributed by atoms with E-state index in [9.17, 15) is 20.1 Å². The van der Waals surface area contributed by atoms with Crippen molar-refractivity contribution in [3.63, 3.8) is 0 Å². The highest BCUT2D eigenvalue weighted by Gasteiger charge is 2.22. The van der Waals surface area contributed by atoms with Crippen LogP contribution in [0.1, 0.15) is 22.3 Å². The van der Waals surface area contributed by atoms with E-state index in [1.807, 2.05) is 97.1 Å². The van der Waals surface area contributed by atoms with Gasteiger partial charge in [0, 0.05) is 72.2 Å². The van der Waals surface area contributed by atoms with Crippen LogP contribution in [0.4, 0.5) is 0 Å². The molecule has 13 aromatic rings. The van der Waals surface area contributed by atoms with Gasteiger partial charge in [0.15, 0.2) is 0 Å². The van der Waals surface area contributed by atoms with Crippen LogP contribution < -0.4 is 0 Å². The van der Waals surface area contributed by atoms with Gasteiger partial charge in [-0.3, -0.25) is 18.7 Å². The number of fused-ring (bicyclic) bond motifs is 12. The SMILES string of the molecule is CN(C)C=O.CN(C)C=O.N#C/C(=C\c1ccc(/C=C(\C#N)c2ccc(-n3c(-c4ccccc4)nc4c5ccccc5c5ccccc5c43)cc2)cc1)c1ccc(-n2c(-c3ccccc3)nc3c4ccccc4c4ccccc4c32)cc1.